The second kappa shape index (κ2) is 9.35. The summed E-state index contributed by atoms with van der Waals surface area (Å²) >= 11 is 6.12. The van der Waals surface area contributed by atoms with Gasteiger partial charge in [-0.1, -0.05) is 41.9 Å². The number of benzene rings is 2. The Morgan fingerprint density at radius 1 is 1.10 bits per heavy atom. The third kappa shape index (κ3) is 5.43. The van der Waals surface area contributed by atoms with E-state index in [-0.39, 0.29) is 5.60 Å². The molecule has 1 unspecified atom stereocenters. The van der Waals surface area contributed by atoms with Gasteiger partial charge >= 0.3 is 0 Å². The molecular weight excluding hydrogens is 386 g/mol. The van der Waals surface area contributed by atoms with Crippen LogP contribution in [0.4, 0.5) is 11.4 Å². The van der Waals surface area contributed by atoms with Gasteiger partial charge in [0.25, 0.3) is 0 Å². The smallest absolute Gasteiger partial charge is 0.108 e. The lowest BCUT2D eigenvalue weighted by molar-refractivity contribution is -0.166. The largest absolute Gasteiger partial charge is 0.397 e. The molecule has 2 saturated heterocycles. The van der Waals surface area contributed by atoms with E-state index in [9.17, 15) is 0 Å². The summed E-state index contributed by atoms with van der Waals surface area (Å²) in [6, 6.07) is 16.6. The minimum Gasteiger partial charge on any atom is -0.397 e. The molecule has 1 atom stereocenters. The van der Waals surface area contributed by atoms with Gasteiger partial charge in [-0.3, -0.25) is 0 Å². The highest BCUT2D eigenvalue weighted by atomic mass is 35.5. The topological polar surface area (TPSA) is 59.8 Å². The standard InChI is InChI=1S/C23H30ClN3O2/c24-19-6-7-21(25)22(14-19)26-20-8-10-27(11-9-20)16-23(17-28-12-13-29-23)15-18-4-2-1-3-5-18/h1-7,14,20,26H,8-13,15-17,25H2. The van der Waals surface area contributed by atoms with Crippen LogP contribution in [0.2, 0.25) is 5.02 Å². The number of nitrogens with two attached hydrogens (primary N) is 1. The fraction of sp³-hybridized carbons (Fsp3) is 0.478. The van der Waals surface area contributed by atoms with Crippen molar-refractivity contribution >= 4 is 23.0 Å². The first kappa shape index (κ1) is 20.5. The summed E-state index contributed by atoms with van der Waals surface area (Å²) in [6.45, 7) is 4.95. The second-order valence-corrected chi connectivity index (χ2v) is 8.61. The summed E-state index contributed by atoms with van der Waals surface area (Å²) < 4.78 is 12.1. The van der Waals surface area contributed by atoms with Crippen LogP contribution in [-0.4, -0.2) is 56.0 Å². The molecule has 0 amide bonds. The summed E-state index contributed by atoms with van der Waals surface area (Å²) in [5.74, 6) is 0. The zero-order valence-corrected chi connectivity index (χ0v) is 17.5. The number of rotatable bonds is 6. The predicted octanol–water partition coefficient (Wildman–Crippen LogP) is 3.83. The van der Waals surface area contributed by atoms with Gasteiger partial charge in [-0.25, -0.2) is 0 Å². The van der Waals surface area contributed by atoms with Crippen LogP contribution >= 0.6 is 11.6 Å². The monoisotopic (exact) mass is 415 g/mol. The van der Waals surface area contributed by atoms with Crippen LogP contribution in [0, 0.1) is 0 Å². The number of hydrogen-bond acceptors (Lipinski definition) is 5. The van der Waals surface area contributed by atoms with E-state index in [0.29, 0.717) is 30.9 Å². The highest BCUT2D eigenvalue weighted by molar-refractivity contribution is 6.31. The van der Waals surface area contributed by atoms with Crippen molar-refractivity contribution in [2.75, 3.05) is 50.5 Å². The number of hydrogen-bond donors (Lipinski definition) is 2. The van der Waals surface area contributed by atoms with Gasteiger partial charge in [0.2, 0.25) is 0 Å². The molecule has 2 aliphatic heterocycles. The van der Waals surface area contributed by atoms with Crippen LogP contribution in [0.5, 0.6) is 0 Å². The van der Waals surface area contributed by atoms with E-state index in [0.717, 1.165) is 50.3 Å². The molecular formula is C23H30ClN3O2. The number of ether oxygens (including phenoxy) is 2. The first-order valence-corrected chi connectivity index (χ1v) is 10.8. The number of nitrogens with zero attached hydrogens (tertiary/aromatic N) is 1. The van der Waals surface area contributed by atoms with Crippen molar-refractivity contribution in [1.82, 2.24) is 4.90 Å². The van der Waals surface area contributed by atoms with Crippen molar-refractivity contribution in [2.45, 2.75) is 30.9 Å². The molecule has 2 heterocycles. The molecule has 6 heteroatoms. The van der Waals surface area contributed by atoms with Crippen LogP contribution in [0.25, 0.3) is 0 Å². The Hall–Kier alpha value is -1.79. The molecule has 2 aromatic rings. The Morgan fingerprint density at radius 3 is 2.62 bits per heavy atom. The Morgan fingerprint density at radius 2 is 1.90 bits per heavy atom. The van der Waals surface area contributed by atoms with Gasteiger partial charge in [-0.2, -0.15) is 0 Å². The Labute approximate surface area is 178 Å². The summed E-state index contributed by atoms with van der Waals surface area (Å²) in [5.41, 5.74) is 8.79. The molecule has 156 valence electrons. The molecule has 2 fully saturated rings. The van der Waals surface area contributed by atoms with Gasteiger partial charge in [-0.05, 0) is 36.6 Å². The van der Waals surface area contributed by atoms with Gasteiger partial charge < -0.3 is 25.4 Å². The molecule has 4 rings (SSSR count). The quantitative estimate of drug-likeness (QED) is 0.702. The number of nitrogen functional groups attached to an aromatic ring is 1. The fourth-order valence-corrected chi connectivity index (χ4v) is 4.52. The molecule has 2 aromatic carbocycles. The molecule has 0 radical (unpaired) electrons. The Balaban J connectivity index is 1.35. The van der Waals surface area contributed by atoms with Gasteiger partial charge in [0, 0.05) is 37.1 Å². The second-order valence-electron chi connectivity index (χ2n) is 8.17. The SMILES string of the molecule is Nc1ccc(Cl)cc1NC1CCN(CC2(Cc3ccccc3)COCCO2)CC1. The summed E-state index contributed by atoms with van der Waals surface area (Å²) in [5, 5.41) is 4.28. The van der Waals surface area contributed by atoms with Crippen LogP contribution in [0.15, 0.2) is 48.5 Å². The van der Waals surface area contributed by atoms with E-state index >= 15 is 0 Å². The number of halogens is 1. The minimum absolute atomic E-state index is 0.267. The number of anilines is 2. The van der Waals surface area contributed by atoms with Crippen molar-refractivity contribution in [1.29, 1.82) is 0 Å². The molecule has 0 spiro atoms. The van der Waals surface area contributed by atoms with E-state index in [2.05, 4.69) is 40.5 Å². The van der Waals surface area contributed by atoms with Gasteiger partial charge in [0.05, 0.1) is 31.2 Å². The summed E-state index contributed by atoms with van der Waals surface area (Å²) in [6.07, 6.45) is 3.01. The predicted molar refractivity (Wildman–Crippen MR) is 119 cm³/mol. The maximum atomic E-state index is 6.31. The van der Waals surface area contributed by atoms with Gasteiger partial charge in [0.1, 0.15) is 5.60 Å². The first-order valence-electron chi connectivity index (χ1n) is 10.4. The van der Waals surface area contributed by atoms with Crippen LogP contribution in [-0.2, 0) is 15.9 Å². The molecule has 2 aliphatic rings. The van der Waals surface area contributed by atoms with E-state index in [1.807, 2.05) is 18.2 Å². The van der Waals surface area contributed by atoms with Crippen LogP contribution < -0.4 is 11.1 Å². The molecule has 0 saturated carbocycles. The van der Waals surface area contributed by atoms with Crippen molar-refractivity contribution < 1.29 is 9.47 Å². The van der Waals surface area contributed by atoms with Crippen molar-refractivity contribution in [3.05, 3.63) is 59.1 Å². The normalized spacial score (nSPS) is 23.8. The van der Waals surface area contributed by atoms with Crippen LogP contribution in [0.1, 0.15) is 18.4 Å². The number of piperidine rings is 1. The molecule has 3 N–H and O–H groups in total. The highest BCUT2D eigenvalue weighted by Gasteiger charge is 2.37. The van der Waals surface area contributed by atoms with E-state index in [1.165, 1.54) is 5.56 Å². The molecule has 29 heavy (non-hydrogen) atoms. The zero-order valence-electron chi connectivity index (χ0n) is 16.8. The average Bonchev–Trinajstić information content (AvgIpc) is 2.73. The van der Waals surface area contributed by atoms with Crippen LogP contribution in [0.3, 0.4) is 0 Å². The zero-order chi connectivity index (χ0) is 20.1. The molecule has 0 aliphatic carbocycles. The molecule has 0 aromatic heterocycles. The minimum atomic E-state index is -0.267. The fourth-order valence-electron chi connectivity index (χ4n) is 4.35. The molecule has 5 nitrogen and oxygen atoms in total. The van der Waals surface area contributed by atoms with Gasteiger partial charge in [-0.15, -0.1) is 0 Å². The summed E-state index contributed by atoms with van der Waals surface area (Å²) in [7, 11) is 0. The maximum Gasteiger partial charge on any atom is 0.108 e. The average molecular weight is 416 g/mol. The maximum absolute atomic E-state index is 6.31. The number of nitrogens with one attached hydrogen (secondary N) is 1. The highest BCUT2D eigenvalue weighted by Crippen LogP contribution is 2.28. The van der Waals surface area contributed by atoms with E-state index in [4.69, 9.17) is 26.8 Å². The van der Waals surface area contributed by atoms with Crippen molar-refractivity contribution in [3.8, 4) is 0 Å². The first-order chi connectivity index (χ1) is 14.1. The lowest BCUT2D eigenvalue weighted by atomic mass is 9.92. The molecule has 0 bridgehead atoms. The van der Waals surface area contributed by atoms with E-state index in [1.54, 1.807) is 0 Å². The van der Waals surface area contributed by atoms with E-state index < -0.39 is 0 Å². The van der Waals surface area contributed by atoms with Gasteiger partial charge in [0.15, 0.2) is 0 Å². The summed E-state index contributed by atoms with van der Waals surface area (Å²) in [4.78, 5) is 2.51. The Bertz CT molecular complexity index is 788. The lowest BCUT2D eigenvalue weighted by Gasteiger charge is -2.43. The van der Waals surface area contributed by atoms with Crippen molar-refractivity contribution in [2.24, 2.45) is 0 Å². The third-order valence-electron chi connectivity index (χ3n) is 5.84. The Kier molecular flexibility index (Phi) is 6.60. The van der Waals surface area contributed by atoms with Crippen molar-refractivity contribution in [3.63, 3.8) is 0 Å². The third-order valence-corrected chi connectivity index (χ3v) is 6.08. The number of likely N-dealkylation sites (tertiary alicyclic amines) is 1. The lowest BCUT2D eigenvalue weighted by Crippen LogP contribution is -2.55.